The fourth-order valence-corrected chi connectivity index (χ4v) is 2.95. The van der Waals surface area contributed by atoms with E-state index in [0.717, 1.165) is 12.0 Å². The fourth-order valence-electron chi connectivity index (χ4n) is 2.41. The van der Waals surface area contributed by atoms with Crippen LogP contribution in [0.4, 0.5) is 10.1 Å². The number of benzene rings is 2. The van der Waals surface area contributed by atoms with Crippen LogP contribution in [0.5, 0.6) is 0 Å². The predicted molar refractivity (Wildman–Crippen MR) is 82.3 cm³/mol. The number of carbonyl (C=O) groups excluding carboxylic acids is 1. The Morgan fingerprint density at radius 2 is 1.71 bits per heavy atom. The zero-order valence-corrected chi connectivity index (χ0v) is 12.5. The molecule has 0 bridgehead atoms. The van der Waals surface area contributed by atoms with Crippen LogP contribution < -0.4 is 5.32 Å². The molecule has 21 heavy (non-hydrogen) atoms. The van der Waals surface area contributed by atoms with Crippen molar-refractivity contribution in [2.75, 3.05) is 5.32 Å². The quantitative estimate of drug-likeness (QED) is 0.857. The smallest absolute Gasteiger partial charge is 0.228 e. The average molecular weight is 324 g/mol. The highest BCUT2D eigenvalue weighted by Gasteiger charge is 2.44. The molecular formula is C16H12Cl2FNO. The molecule has 1 fully saturated rings. The monoisotopic (exact) mass is 323 g/mol. The number of halogens is 3. The highest BCUT2D eigenvalue weighted by molar-refractivity contribution is 6.34. The highest BCUT2D eigenvalue weighted by Crippen LogP contribution is 2.49. The Kier molecular flexibility index (Phi) is 3.87. The normalized spacial score (nSPS) is 20.1. The van der Waals surface area contributed by atoms with Gasteiger partial charge in [-0.25, -0.2) is 4.39 Å². The zero-order chi connectivity index (χ0) is 15.0. The SMILES string of the molecule is O=C(Nc1ccc(F)cc1)[C@H]1C[C@@H]1c1cc(Cl)cc(Cl)c1. The van der Waals surface area contributed by atoms with E-state index < -0.39 is 0 Å². The van der Waals surface area contributed by atoms with E-state index in [1.807, 2.05) is 12.1 Å². The maximum atomic E-state index is 12.8. The maximum Gasteiger partial charge on any atom is 0.228 e. The first kappa shape index (κ1) is 14.4. The molecule has 1 N–H and O–H groups in total. The van der Waals surface area contributed by atoms with E-state index in [4.69, 9.17) is 23.2 Å². The van der Waals surface area contributed by atoms with Crippen molar-refractivity contribution in [2.45, 2.75) is 12.3 Å². The van der Waals surface area contributed by atoms with Crippen LogP contribution in [0.3, 0.4) is 0 Å². The van der Waals surface area contributed by atoms with Crippen molar-refractivity contribution in [1.82, 2.24) is 0 Å². The van der Waals surface area contributed by atoms with Gasteiger partial charge in [0.2, 0.25) is 5.91 Å². The second kappa shape index (κ2) is 5.66. The number of anilines is 1. The minimum absolute atomic E-state index is 0.0669. The van der Waals surface area contributed by atoms with Crippen LogP contribution in [0.25, 0.3) is 0 Å². The lowest BCUT2D eigenvalue weighted by Gasteiger charge is -2.05. The lowest BCUT2D eigenvalue weighted by molar-refractivity contribution is -0.117. The van der Waals surface area contributed by atoms with Gasteiger partial charge in [-0.1, -0.05) is 23.2 Å². The van der Waals surface area contributed by atoms with Gasteiger partial charge >= 0.3 is 0 Å². The number of carbonyl (C=O) groups is 1. The van der Waals surface area contributed by atoms with Crippen molar-refractivity contribution in [3.8, 4) is 0 Å². The molecule has 0 unspecified atom stereocenters. The van der Waals surface area contributed by atoms with Crippen molar-refractivity contribution < 1.29 is 9.18 Å². The molecule has 1 aliphatic rings. The lowest BCUT2D eigenvalue weighted by Crippen LogP contribution is -2.14. The molecule has 2 nitrogen and oxygen atoms in total. The fraction of sp³-hybridized carbons (Fsp3) is 0.188. The predicted octanol–water partition coefficient (Wildman–Crippen LogP) is 4.87. The summed E-state index contributed by atoms with van der Waals surface area (Å²) >= 11 is 11.9. The van der Waals surface area contributed by atoms with E-state index in [1.165, 1.54) is 12.1 Å². The van der Waals surface area contributed by atoms with Gasteiger partial charge in [0.15, 0.2) is 0 Å². The van der Waals surface area contributed by atoms with E-state index in [1.54, 1.807) is 18.2 Å². The second-order valence-corrected chi connectivity index (χ2v) is 6.02. The van der Waals surface area contributed by atoms with Gasteiger partial charge in [-0.3, -0.25) is 4.79 Å². The molecule has 0 aromatic heterocycles. The summed E-state index contributed by atoms with van der Waals surface area (Å²) in [5, 5.41) is 3.93. The lowest BCUT2D eigenvalue weighted by atomic mass is 10.1. The zero-order valence-electron chi connectivity index (χ0n) is 10.9. The molecule has 0 heterocycles. The molecule has 1 amide bonds. The molecule has 1 saturated carbocycles. The maximum absolute atomic E-state index is 12.8. The molecule has 0 aliphatic heterocycles. The van der Waals surface area contributed by atoms with Crippen LogP contribution in [0.2, 0.25) is 10.0 Å². The summed E-state index contributed by atoms with van der Waals surface area (Å²) in [5.74, 6) is -0.347. The molecule has 0 spiro atoms. The van der Waals surface area contributed by atoms with Gasteiger partial charge in [-0.15, -0.1) is 0 Å². The van der Waals surface area contributed by atoms with Crippen molar-refractivity contribution in [3.63, 3.8) is 0 Å². The van der Waals surface area contributed by atoms with E-state index in [9.17, 15) is 9.18 Å². The minimum Gasteiger partial charge on any atom is -0.326 e. The summed E-state index contributed by atoms with van der Waals surface area (Å²) in [7, 11) is 0. The van der Waals surface area contributed by atoms with Gasteiger partial charge in [-0.2, -0.15) is 0 Å². The van der Waals surface area contributed by atoms with Gasteiger partial charge < -0.3 is 5.32 Å². The molecule has 1 aliphatic carbocycles. The summed E-state index contributed by atoms with van der Waals surface area (Å²) in [6.07, 6.45) is 0.768. The summed E-state index contributed by atoms with van der Waals surface area (Å²) in [4.78, 5) is 12.1. The molecule has 0 radical (unpaired) electrons. The number of amides is 1. The van der Waals surface area contributed by atoms with Crippen LogP contribution >= 0.6 is 23.2 Å². The largest absolute Gasteiger partial charge is 0.326 e. The Hall–Kier alpha value is -1.58. The summed E-state index contributed by atoms with van der Waals surface area (Å²) < 4.78 is 12.8. The van der Waals surface area contributed by atoms with Crippen LogP contribution in [0.15, 0.2) is 42.5 Å². The molecular weight excluding hydrogens is 312 g/mol. The van der Waals surface area contributed by atoms with Gasteiger partial charge in [0.1, 0.15) is 5.82 Å². The molecule has 5 heteroatoms. The Balaban J connectivity index is 1.67. The third-order valence-corrected chi connectivity index (χ3v) is 3.99. The van der Waals surface area contributed by atoms with Crippen LogP contribution in [-0.2, 0) is 4.79 Å². The van der Waals surface area contributed by atoms with Gasteiger partial charge in [-0.05, 0) is 60.4 Å². The Bertz CT molecular complexity index is 667. The molecule has 0 saturated heterocycles. The van der Waals surface area contributed by atoms with Crippen LogP contribution in [-0.4, -0.2) is 5.91 Å². The number of hydrogen-bond donors (Lipinski definition) is 1. The molecule has 108 valence electrons. The van der Waals surface area contributed by atoms with E-state index in [2.05, 4.69) is 5.32 Å². The molecule has 3 rings (SSSR count). The van der Waals surface area contributed by atoms with Gasteiger partial charge in [0, 0.05) is 21.7 Å². The van der Waals surface area contributed by atoms with Gasteiger partial charge in [0.25, 0.3) is 0 Å². The van der Waals surface area contributed by atoms with Crippen molar-refractivity contribution in [3.05, 3.63) is 63.9 Å². The van der Waals surface area contributed by atoms with Crippen LogP contribution in [0, 0.1) is 11.7 Å². The van der Waals surface area contributed by atoms with E-state index in [-0.39, 0.29) is 23.6 Å². The minimum atomic E-state index is -0.328. The summed E-state index contributed by atoms with van der Waals surface area (Å²) in [6, 6.07) is 11.1. The summed E-state index contributed by atoms with van der Waals surface area (Å²) in [6.45, 7) is 0. The molecule has 2 aromatic carbocycles. The first-order valence-electron chi connectivity index (χ1n) is 6.55. The standard InChI is InChI=1S/C16H12Cl2FNO/c17-10-5-9(6-11(18)7-10)14-8-15(14)16(21)20-13-3-1-12(19)2-4-13/h1-7,14-15H,8H2,(H,20,21)/t14-,15+/m1/s1. The number of rotatable bonds is 3. The third-order valence-electron chi connectivity index (χ3n) is 3.55. The first-order valence-corrected chi connectivity index (χ1v) is 7.31. The van der Waals surface area contributed by atoms with Crippen LogP contribution in [0.1, 0.15) is 17.9 Å². The summed E-state index contributed by atoms with van der Waals surface area (Å²) in [5.41, 5.74) is 1.57. The first-order chi connectivity index (χ1) is 10.0. The Morgan fingerprint density at radius 1 is 1.10 bits per heavy atom. The van der Waals surface area contributed by atoms with E-state index in [0.29, 0.717) is 15.7 Å². The molecule has 2 aromatic rings. The topological polar surface area (TPSA) is 29.1 Å². The van der Waals surface area contributed by atoms with E-state index >= 15 is 0 Å². The van der Waals surface area contributed by atoms with Crippen molar-refractivity contribution in [1.29, 1.82) is 0 Å². The Morgan fingerprint density at radius 3 is 2.33 bits per heavy atom. The molecule has 2 atom stereocenters. The van der Waals surface area contributed by atoms with Gasteiger partial charge in [0.05, 0.1) is 0 Å². The van der Waals surface area contributed by atoms with Crippen molar-refractivity contribution >= 4 is 34.8 Å². The average Bonchev–Trinajstić information content (AvgIpc) is 3.20. The number of hydrogen-bond acceptors (Lipinski definition) is 1. The Labute approximate surface area is 131 Å². The highest BCUT2D eigenvalue weighted by atomic mass is 35.5. The number of nitrogens with one attached hydrogen (secondary N) is 1. The third kappa shape index (κ3) is 3.36. The van der Waals surface area contributed by atoms with Crippen molar-refractivity contribution in [2.24, 2.45) is 5.92 Å². The second-order valence-electron chi connectivity index (χ2n) is 5.15.